The van der Waals surface area contributed by atoms with Crippen LogP contribution < -0.4 is 11.1 Å². The van der Waals surface area contributed by atoms with E-state index in [4.69, 9.17) is 5.73 Å². The molecule has 0 saturated heterocycles. The lowest BCUT2D eigenvalue weighted by Crippen LogP contribution is -2.24. The fourth-order valence-electron chi connectivity index (χ4n) is 1.44. The van der Waals surface area contributed by atoms with E-state index in [9.17, 15) is 14.9 Å². The maximum atomic E-state index is 10.8. The molecule has 0 spiro atoms. The van der Waals surface area contributed by atoms with E-state index in [1.807, 2.05) is 0 Å². The van der Waals surface area contributed by atoms with Gasteiger partial charge in [0.2, 0.25) is 5.91 Å². The first-order chi connectivity index (χ1) is 8.32. The summed E-state index contributed by atoms with van der Waals surface area (Å²) >= 11 is 3.25. The molecule has 0 aromatic carbocycles. The van der Waals surface area contributed by atoms with Crippen LogP contribution in [0.5, 0.6) is 0 Å². The van der Waals surface area contributed by atoms with E-state index in [1.165, 1.54) is 6.20 Å². The number of nitrogens with two attached hydrogens (primary N) is 1. The van der Waals surface area contributed by atoms with Crippen LogP contribution in [-0.4, -0.2) is 21.9 Å². The van der Waals surface area contributed by atoms with Gasteiger partial charge < -0.3 is 11.1 Å². The molecule has 0 aliphatic rings. The zero-order chi connectivity index (χ0) is 13.9. The minimum Gasteiger partial charge on any atom is -0.370 e. The number of hydrogen-bond donors (Lipinski definition) is 2. The molecule has 1 rings (SSSR count). The predicted molar refractivity (Wildman–Crippen MR) is 70.2 cm³/mol. The van der Waals surface area contributed by atoms with Crippen LogP contribution in [0.25, 0.3) is 0 Å². The van der Waals surface area contributed by atoms with Crippen molar-refractivity contribution in [1.29, 1.82) is 0 Å². The lowest BCUT2D eigenvalue weighted by atomic mass is 10.2. The van der Waals surface area contributed by atoms with E-state index < -0.39 is 10.8 Å². The first kappa shape index (κ1) is 14.4. The number of amides is 1. The van der Waals surface area contributed by atoms with E-state index >= 15 is 0 Å². The topological polar surface area (TPSA) is 111 Å². The molecular formula is C10H13BrN4O3. The maximum Gasteiger partial charge on any atom is 0.291 e. The van der Waals surface area contributed by atoms with Crippen LogP contribution in [0.2, 0.25) is 0 Å². The Hall–Kier alpha value is -1.70. The van der Waals surface area contributed by atoms with Gasteiger partial charge in [0.05, 0.1) is 9.40 Å². The maximum absolute atomic E-state index is 10.8. The minimum absolute atomic E-state index is 0.0602. The van der Waals surface area contributed by atoms with Gasteiger partial charge in [-0.3, -0.25) is 14.9 Å². The first-order valence-corrected chi connectivity index (χ1v) is 5.96. The number of halogens is 1. The standard InChI is InChI=1S/C10H13BrN4O3/c1-5(3-8(12)16)14-10-9(11)6(2)7(4-13-10)15(17)18/h4-5H,3H2,1-2H3,(H2,12,16)(H,13,14). The van der Waals surface area contributed by atoms with Crippen LogP contribution in [0.1, 0.15) is 18.9 Å². The molecule has 0 fully saturated rings. The van der Waals surface area contributed by atoms with Gasteiger partial charge in [0.15, 0.2) is 0 Å². The van der Waals surface area contributed by atoms with Crippen LogP contribution in [-0.2, 0) is 4.79 Å². The number of pyridine rings is 1. The molecule has 1 aromatic heterocycles. The highest BCUT2D eigenvalue weighted by Gasteiger charge is 2.18. The fourth-order valence-corrected chi connectivity index (χ4v) is 1.86. The van der Waals surface area contributed by atoms with Gasteiger partial charge in [-0.1, -0.05) is 0 Å². The van der Waals surface area contributed by atoms with Crippen molar-refractivity contribution in [2.24, 2.45) is 5.73 Å². The number of nitrogens with zero attached hydrogens (tertiary/aromatic N) is 2. The van der Waals surface area contributed by atoms with E-state index in [0.717, 1.165) is 0 Å². The number of carbonyl (C=O) groups is 1. The second kappa shape index (κ2) is 5.76. The zero-order valence-corrected chi connectivity index (χ0v) is 11.5. The van der Waals surface area contributed by atoms with Gasteiger partial charge >= 0.3 is 0 Å². The summed E-state index contributed by atoms with van der Waals surface area (Å²) in [6, 6.07) is -0.202. The second-order valence-corrected chi connectivity index (χ2v) is 4.70. The Morgan fingerprint density at radius 2 is 2.33 bits per heavy atom. The number of nitrogens with one attached hydrogen (secondary N) is 1. The monoisotopic (exact) mass is 316 g/mol. The summed E-state index contributed by atoms with van der Waals surface area (Å²) < 4.78 is 0.507. The van der Waals surface area contributed by atoms with Crippen molar-refractivity contribution >= 4 is 33.3 Å². The summed E-state index contributed by atoms with van der Waals surface area (Å²) in [7, 11) is 0. The molecule has 1 unspecified atom stereocenters. The highest BCUT2D eigenvalue weighted by molar-refractivity contribution is 9.10. The molecule has 3 N–H and O–H groups in total. The van der Waals surface area contributed by atoms with Gasteiger partial charge in [0.1, 0.15) is 12.0 Å². The van der Waals surface area contributed by atoms with Crippen molar-refractivity contribution in [2.45, 2.75) is 26.3 Å². The molecular weight excluding hydrogens is 304 g/mol. The molecule has 0 radical (unpaired) electrons. The number of aromatic nitrogens is 1. The van der Waals surface area contributed by atoms with Gasteiger partial charge in [-0.05, 0) is 29.8 Å². The van der Waals surface area contributed by atoms with Crippen molar-refractivity contribution in [3.63, 3.8) is 0 Å². The Kier molecular flexibility index (Phi) is 4.60. The van der Waals surface area contributed by atoms with Gasteiger partial charge in [-0.15, -0.1) is 0 Å². The molecule has 18 heavy (non-hydrogen) atoms. The van der Waals surface area contributed by atoms with Crippen molar-refractivity contribution < 1.29 is 9.72 Å². The van der Waals surface area contributed by atoms with Crippen molar-refractivity contribution in [3.8, 4) is 0 Å². The molecule has 1 atom stereocenters. The van der Waals surface area contributed by atoms with Crippen molar-refractivity contribution in [1.82, 2.24) is 4.98 Å². The summed E-state index contributed by atoms with van der Waals surface area (Å²) in [4.78, 5) is 24.9. The third kappa shape index (κ3) is 3.39. The molecule has 98 valence electrons. The fraction of sp³-hybridized carbons (Fsp3) is 0.400. The van der Waals surface area contributed by atoms with Gasteiger partial charge in [-0.2, -0.15) is 0 Å². The Labute approximate surface area is 112 Å². The van der Waals surface area contributed by atoms with E-state index in [-0.39, 0.29) is 18.2 Å². The number of anilines is 1. The molecule has 0 bridgehead atoms. The molecule has 7 nitrogen and oxygen atoms in total. The Morgan fingerprint density at radius 3 is 2.83 bits per heavy atom. The summed E-state index contributed by atoms with van der Waals surface area (Å²) in [6.45, 7) is 3.39. The lowest BCUT2D eigenvalue weighted by molar-refractivity contribution is -0.385. The number of rotatable bonds is 5. The lowest BCUT2D eigenvalue weighted by Gasteiger charge is -2.14. The molecule has 1 aromatic rings. The minimum atomic E-state index is -0.496. The number of hydrogen-bond acceptors (Lipinski definition) is 5. The van der Waals surface area contributed by atoms with E-state index in [0.29, 0.717) is 15.9 Å². The largest absolute Gasteiger partial charge is 0.370 e. The second-order valence-electron chi connectivity index (χ2n) is 3.90. The Bertz CT molecular complexity index is 492. The highest BCUT2D eigenvalue weighted by Crippen LogP contribution is 2.30. The third-order valence-corrected chi connectivity index (χ3v) is 3.29. The Morgan fingerprint density at radius 1 is 1.72 bits per heavy atom. The third-order valence-electron chi connectivity index (χ3n) is 2.32. The number of primary amides is 1. The number of carbonyl (C=O) groups excluding carboxylic acids is 1. The Balaban J connectivity index is 2.95. The van der Waals surface area contributed by atoms with Gasteiger partial charge in [0, 0.05) is 18.0 Å². The molecule has 8 heteroatoms. The summed E-state index contributed by atoms with van der Waals surface area (Å²) in [5.74, 6) is 0.0246. The van der Waals surface area contributed by atoms with Crippen LogP contribution in [0, 0.1) is 17.0 Å². The first-order valence-electron chi connectivity index (χ1n) is 5.17. The molecule has 1 heterocycles. The average Bonchev–Trinajstić information content (AvgIpc) is 2.23. The molecule has 1 amide bonds. The molecule has 0 aliphatic heterocycles. The smallest absolute Gasteiger partial charge is 0.291 e. The molecule has 0 saturated carbocycles. The average molecular weight is 317 g/mol. The van der Waals surface area contributed by atoms with Crippen molar-refractivity contribution in [2.75, 3.05) is 5.32 Å². The van der Waals surface area contributed by atoms with Crippen LogP contribution >= 0.6 is 15.9 Å². The van der Waals surface area contributed by atoms with Crippen LogP contribution in [0.4, 0.5) is 11.5 Å². The predicted octanol–water partition coefficient (Wildman–Crippen LogP) is 1.74. The SMILES string of the molecule is Cc1c([N+](=O)[O-])cnc(NC(C)CC(N)=O)c1Br. The van der Waals surface area contributed by atoms with Crippen molar-refractivity contribution in [3.05, 3.63) is 26.3 Å². The summed E-state index contributed by atoms with van der Waals surface area (Å²) in [6.07, 6.45) is 1.34. The summed E-state index contributed by atoms with van der Waals surface area (Å²) in [5, 5.41) is 13.7. The van der Waals surface area contributed by atoms with E-state index in [2.05, 4.69) is 26.2 Å². The van der Waals surface area contributed by atoms with Gasteiger partial charge in [0.25, 0.3) is 5.69 Å². The highest BCUT2D eigenvalue weighted by atomic mass is 79.9. The number of nitro groups is 1. The van der Waals surface area contributed by atoms with Crippen LogP contribution in [0.15, 0.2) is 10.7 Å². The normalized spacial score (nSPS) is 11.9. The molecule has 0 aliphatic carbocycles. The van der Waals surface area contributed by atoms with E-state index in [1.54, 1.807) is 13.8 Å². The zero-order valence-electron chi connectivity index (χ0n) is 9.94. The van der Waals surface area contributed by atoms with Gasteiger partial charge in [-0.25, -0.2) is 4.98 Å². The van der Waals surface area contributed by atoms with Crippen LogP contribution in [0.3, 0.4) is 0 Å². The summed E-state index contributed by atoms with van der Waals surface area (Å²) in [5.41, 5.74) is 5.49. The quantitative estimate of drug-likeness (QED) is 0.634.